The molecule has 4 nitrogen and oxygen atoms in total. The van der Waals surface area contributed by atoms with Gasteiger partial charge in [0.25, 0.3) is 0 Å². The van der Waals surface area contributed by atoms with Gasteiger partial charge in [0, 0.05) is 25.2 Å². The van der Waals surface area contributed by atoms with Crippen molar-refractivity contribution in [3.05, 3.63) is 46.3 Å². The molecule has 19 heavy (non-hydrogen) atoms. The van der Waals surface area contributed by atoms with E-state index >= 15 is 0 Å². The third-order valence-corrected chi connectivity index (χ3v) is 3.51. The van der Waals surface area contributed by atoms with Crippen LogP contribution in [0.2, 0.25) is 5.02 Å². The van der Waals surface area contributed by atoms with E-state index < -0.39 is 0 Å². The first kappa shape index (κ1) is 14.0. The van der Waals surface area contributed by atoms with E-state index in [1.165, 1.54) is 6.07 Å². The SMILES string of the molecule is CCn1nc(C)c(Cl)c1CC(N)c1cncc(F)c1. The summed E-state index contributed by atoms with van der Waals surface area (Å²) in [6, 6.07) is 1.03. The third kappa shape index (κ3) is 2.93. The first-order chi connectivity index (χ1) is 9.02. The van der Waals surface area contributed by atoms with Crippen molar-refractivity contribution in [1.29, 1.82) is 0 Å². The van der Waals surface area contributed by atoms with Gasteiger partial charge in [-0.05, 0) is 25.5 Å². The molecule has 2 aromatic rings. The zero-order chi connectivity index (χ0) is 14.0. The molecule has 1 atom stereocenters. The summed E-state index contributed by atoms with van der Waals surface area (Å²) in [4.78, 5) is 3.81. The average molecular weight is 283 g/mol. The molecule has 2 heterocycles. The Kier molecular flexibility index (Phi) is 4.17. The van der Waals surface area contributed by atoms with Crippen LogP contribution < -0.4 is 5.73 Å². The normalized spacial score (nSPS) is 12.7. The van der Waals surface area contributed by atoms with Crippen molar-refractivity contribution in [3.63, 3.8) is 0 Å². The van der Waals surface area contributed by atoms with Crippen LogP contribution in [0.5, 0.6) is 0 Å². The number of aryl methyl sites for hydroxylation is 2. The molecule has 0 saturated heterocycles. The molecule has 0 bridgehead atoms. The number of aromatic nitrogens is 3. The molecule has 0 aliphatic rings. The van der Waals surface area contributed by atoms with Crippen molar-refractivity contribution in [1.82, 2.24) is 14.8 Å². The first-order valence-corrected chi connectivity index (χ1v) is 6.48. The van der Waals surface area contributed by atoms with E-state index in [9.17, 15) is 4.39 Å². The second kappa shape index (κ2) is 5.67. The standard InChI is InChI=1S/C13H16ClFN4/c1-3-19-12(13(14)8(2)18-19)5-11(16)9-4-10(15)7-17-6-9/h4,6-7,11H,3,5,16H2,1-2H3. The molecule has 0 aliphatic carbocycles. The number of pyridine rings is 1. The fourth-order valence-electron chi connectivity index (χ4n) is 2.02. The second-order valence-electron chi connectivity index (χ2n) is 4.41. The zero-order valence-corrected chi connectivity index (χ0v) is 11.7. The number of hydrogen-bond acceptors (Lipinski definition) is 3. The monoisotopic (exact) mass is 282 g/mol. The van der Waals surface area contributed by atoms with E-state index in [2.05, 4.69) is 10.1 Å². The van der Waals surface area contributed by atoms with Crippen molar-refractivity contribution in [2.45, 2.75) is 32.9 Å². The van der Waals surface area contributed by atoms with Crippen molar-refractivity contribution in [2.75, 3.05) is 0 Å². The van der Waals surface area contributed by atoms with E-state index in [0.29, 0.717) is 17.0 Å². The zero-order valence-electron chi connectivity index (χ0n) is 10.9. The summed E-state index contributed by atoms with van der Waals surface area (Å²) in [5, 5.41) is 4.96. The summed E-state index contributed by atoms with van der Waals surface area (Å²) in [7, 11) is 0. The highest BCUT2D eigenvalue weighted by Gasteiger charge is 2.17. The van der Waals surface area contributed by atoms with Crippen LogP contribution in [0, 0.1) is 12.7 Å². The molecule has 0 aromatic carbocycles. The molecule has 2 aromatic heterocycles. The highest BCUT2D eigenvalue weighted by atomic mass is 35.5. The van der Waals surface area contributed by atoms with Crippen LogP contribution in [0.3, 0.4) is 0 Å². The lowest BCUT2D eigenvalue weighted by molar-refractivity contribution is 0.579. The Morgan fingerprint density at radius 2 is 2.21 bits per heavy atom. The fourth-order valence-corrected chi connectivity index (χ4v) is 2.23. The fraction of sp³-hybridized carbons (Fsp3) is 0.385. The Morgan fingerprint density at radius 3 is 2.84 bits per heavy atom. The molecule has 0 aliphatic heterocycles. The quantitative estimate of drug-likeness (QED) is 0.938. The molecule has 0 saturated carbocycles. The van der Waals surface area contributed by atoms with Crippen molar-refractivity contribution in [2.24, 2.45) is 5.73 Å². The first-order valence-electron chi connectivity index (χ1n) is 6.10. The Bertz CT molecular complexity index is 582. The van der Waals surface area contributed by atoms with Gasteiger partial charge < -0.3 is 5.73 Å². The van der Waals surface area contributed by atoms with E-state index in [0.717, 1.165) is 24.1 Å². The molecule has 0 spiro atoms. The Labute approximate surface area is 116 Å². The number of halogens is 2. The second-order valence-corrected chi connectivity index (χ2v) is 4.79. The molecular formula is C13H16ClFN4. The number of rotatable bonds is 4. The molecule has 0 amide bonds. The molecule has 102 valence electrons. The van der Waals surface area contributed by atoms with E-state index in [-0.39, 0.29) is 11.9 Å². The van der Waals surface area contributed by atoms with Gasteiger partial charge in [-0.2, -0.15) is 5.10 Å². The lowest BCUT2D eigenvalue weighted by Crippen LogP contribution is -2.16. The highest BCUT2D eigenvalue weighted by Crippen LogP contribution is 2.25. The average Bonchev–Trinajstić information content (AvgIpc) is 2.66. The summed E-state index contributed by atoms with van der Waals surface area (Å²) in [6.45, 7) is 4.56. The summed E-state index contributed by atoms with van der Waals surface area (Å²) in [5.74, 6) is -0.390. The molecule has 0 fully saturated rings. The minimum atomic E-state index is -0.390. The maximum absolute atomic E-state index is 13.1. The van der Waals surface area contributed by atoms with Crippen LogP contribution in [0.15, 0.2) is 18.5 Å². The van der Waals surface area contributed by atoms with Gasteiger partial charge in [0.05, 0.1) is 22.6 Å². The highest BCUT2D eigenvalue weighted by molar-refractivity contribution is 6.31. The van der Waals surface area contributed by atoms with Crippen LogP contribution in [-0.2, 0) is 13.0 Å². The van der Waals surface area contributed by atoms with Crippen LogP contribution in [0.1, 0.15) is 29.9 Å². The van der Waals surface area contributed by atoms with Gasteiger partial charge in [0.1, 0.15) is 5.82 Å². The van der Waals surface area contributed by atoms with E-state index in [1.54, 1.807) is 6.20 Å². The smallest absolute Gasteiger partial charge is 0.141 e. The largest absolute Gasteiger partial charge is 0.324 e. The summed E-state index contributed by atoms with van der Waals surface area (Å²) in [6.07, 6.45) is 3.23. The van der Waals surface area contributed by atoms with Gasteiger partial charge >= 0.3 is 0 Å². The number of nitrogens with zero attached hydrogens (tertiary/aromatic N) is 3. The van der Waals surface area contributed by atoms with Gasteiger partial charge in [0.15, 0.2) is 0 Å². The maximum atomic E-state index is 13.1. The topological polar surface area (TPSA) is 56.7 Å². The Morgan fingerprint density at radius 1 is 1.47 bits per heavy atom. The van der Waals surface area contributed by atoms with Crippen LogP contribution in [0.25, 0.3) is 0 Å². The molecule has 2 rings (SSSR count). The summed E-state index contributed by atoms with van der Waals surface area (Å²) in [5.41, 5.74) is 8.40. The molecular weight excluding hydrogens is 267 g/mol. The molecule has 1 unspecified atom stereocenters. The summed E-state index contributed by atoms with van der Waals surface area (Å²) < 4.78 is 15.0. The predicted octanol–water partition coefficient (Wildman–Crippen LogP) is 2.64. The minimum Gasteiger partial charge on any atom is -0.324 e. The van der Waals surface area contributed by atoms with Crippen LogP contribution >= 0.6 is 11.6 Å². The van der Waals surface area contributed by atoms with Crippen LogP contribution in [-0.4, -0.2) is 14.8 Å². The van der Waals surface area contributed by atoms with Gasteiger partial charge in [-0.3, -0.25) is 9.67 Å². The molecule has 2 N–H and O–H groups in total. The van der Waals surface area contributed by atoms with Crippen molar-refractivity contribution in [3.8, 4) is 0 Å². The van der Waals surface area contributed by atoms with Crippen molar-refractivity contribution < 1.29 is 4.39 Å². The van der Waals surface area contributed by atoms with Gasteiger partial charge in [-0.25, -0.2) is 4.39 Å². The third-order valence-electron chi connectivity index (χ3n) is 3.02. The lowest BCUT2D eigenvalue weighted by atomic mass is 10.0. The Hall–Kier alpha value is -1.46. The predicted molar refractivity (Wildman–Crippen MR) is 72.5 cm³/mol. The lowest BCUT2D eigenvalue weighted by Gasteiger charge is -2.13. The minimum absolute atomic E-state index is 0.359. The van der Waals surface area contributed by atoms with Gasteiger partial charge in [-0.1, -0.05) is 11.6 Å². The van der Waals surface area contributed by atoms with Gasteiger partial charge in [0.2, 0.25) is 0 Å². The Balaban J connectivity index is 2.26. The molecule has 0 radical (unpaired) electrons. The van der Waals surface area contributed by atoms with E-state index in [4.69, 9.17) is 17.3 Å². The number of hydrogen-bond donors (Lipinski definition) is 1. The van der Waals surface area contributed by atoms with E-state index in [1.807, 2.05) is 18.5 Å². The summed E-state index contributed by atoms with van der Waals surface area (Å²) >= 11 is 6.23. The van der Waals surface area contributed by atoms with Crippen molar-refractivity contribution >= 4 is 11.6 Å². The number of nitrogens with two attached hydrogens (primary N) is 1. The van der Waals surface area contributed by atoms with Crippen LogP contribution in [0.4, 0.5) is 4.39 Å². The maximum Gasteiger partial charge on any atom is 0.141 e. The van der Waals surface area contributed by atoms with Gasteiger partial charge in [-0.15, -0.1) is 0 Å². The molecule has 6 heteroatoms.